The van der Waals surface area contributed by atoms with Gasteiger partial charge in [-0.15, -0.1) is 0 Å². The molecule has 2 N–H and O–H groups in total. The number of hydrogen-bond donors (Lipinski definition) is 2. The molecule has 1 aromatic carbocycles. The number of fused-ring (bicyclic) bond motifs is 2. The van der Waals surface area contributed by atoms with Crippen molar-refractivity contribution in [3.8, 4) is 0 Å². The van der Waals surface area contributed by atoms with Crippen molar-refractivity contribution in [3.05, 3.63) is 36.4 Å². The number of rotatable bonds is 4. The van der Waals surface area contributed by atoms with Gasteiger partial charge >= 0.3 is 0 Å². The zero-order valence-corrected chi connectivity index (χ0v) is 12.6. The molecule has 1 aromatic rings. The van der Waals surface area contributed by atoms with E-state index in [2.05, 4.69) is 22.2 Å². The van der Waals surface area contributed by atoms with Crippen LogP contribution in [0.2, 0.25) is 0 Å². The SMILES string of the molecule is CNS(=O)(=O)c1ccc(NC(=O)[C@H]2C[C@H]3C=C[C@H]2C3)cc1. The maximum absolute atomic E-state index is 12.3. The molecule has 112 valence electrons. The molecule has 2 aliphatic rings. The predicted molar refractivity (Wildman–Crippen MR) is 80.2 cm³/mol. The van der Waals surface area contributed by atoms with E-state index < -0.39 is 10.0 Å². The van der Waals surface area contributed by atoms with Gasteiger partial charge in [-0.05, 0) is 56.0 Å². The number of carbonyl (C=O) groups excluding carboxylic acids is 1. The molecule has 3 atom stereocenters. The van der Waals surface area contributed by atoms with Crippen molar-refractivity contribution in [2.45, 2.75) is 17.7 Å². The number of nitrogens with one attached hydrogen (secondary N) is 2. The third kappa shape index (κ3) is 2.73. The van der Waals surface area contributed by atoms with Gasteiger partial charge < -0.3 is 5.32 Å². The normalized spacial score (nSPS) is 27.0. The summed E-state index contributed by atoms with van der Waals surface area (Å²) in [6.07, 6.45) is 6.34. The highest BCUT2D eigenvalue weighted by Crippen LogP contribution is 2.43. The van der Waals surface area contributed by atoms with Crippen LogP contribution in [0.5, 0.6) is 0 Å². The number of sulfonamides is 1. The molecular formula is C15H18N2O3S. The van der Waals surface area contributed by atoms with Crippen molar-refractivity contribution < 1.29 is 13.2 Å². The topological polar surface area (TPSA) is 75.3 Å². The van der Waals surface area contributed by atoms with Gasteiger partial charge in [0, 0.05) is 11.6 Å². The van der Waals surface area contributed by atoms with Crippen LogP contribution in [-0.4, -0.2) is 21.4 Å². The van der Waals surface area contributed by atoms with Crippen molar-refractivity contribution in [1.82, 2.24) is 4.72 Å². The van der Waals surface area contributed by atoms with Crippen LogP contribution in [0.15, 0.2) is 41.3 Å². The molecule has 21 heavy (non-hydrogen) atoms. The Hall–Kier alpha value is -1.66. The minimum atomic E-state index is -3.44. The van der Waals surface area contributed by atoms with Crippen molar-refractivity contribution in [3.63, 3.8) is 0 Å². The molecule has 3 rings (SSSR count). The molecule has 0 spiro atoms. The number of amides is 1. The van der Waals surface area contributed by atoms with Gasteiger partial charge in [0.15, 0.2) is 0 Å². The predicted octanol–water partition coefficient (Wildman–Crippen LogP) is 1.75. The zero-order valence-electron chi connectivity index (χ0n) is 11.7. The molecule has 0 heterocycles. The highest BCUT2D eigenvalue weighted by molar-refractivity contribution is 7.89. The summed E-state index contributed by atoms with van der Waals surface area (Å²) < 4.78 is 25.5. The average molecular weight is 306 g/mol. The van der Waals surface area contributed by atoms with Gasteiger partial charge in [-0.3, -0.25) is 4.79 Å². The lowest BCUT2D eigenvalue weighted by Gasteiger charge is -2.17. The fourth-order valence-corrected chi connectivity index (χ4v) is 3.88. The Bertz CT molecular complexity index is 679. The standard InChI is InChI=1S/C15H18N2O3S/c1-16-21(19,20)13-6-4-12(5-7-13)17-15(18)14-9-10-2-3-11(14)8-10/h2-7,10-11,14,16H,8-9H2,1H3,(H,17,18)/t10-,11-,14-/m0/s1. The molecule has 0 unspecified atom stereocenters. The van der Waals surface area contributed by atoms with Gasteiger partial charge in [0.1, 0.15) is 0 Å². The molecular weight excluding hydrogens is 288 g/mol. The van der Waals surface area contributed by atoms with Crippen LogP contribution in [0.25, 0.3) is 0 Å². The molecule has 1 fully saturated rings. The van der Waals surface area contributed by atoms with E-state index in [-0.39, 0.29) is 16.7 Å². The van der Waals surface area contributed by atoms with E-state index in [1.54, 1.807) is 12.1 Å². The Morgan fingerprint density at radius 3 is 2.38 bits per heavy atom. The van der Waals surface area contributed by atoms with Gasteiger partial charge in [0.25, 0.3) is 0 Å². The maximum Gasteiger partial charge on any atom is 0.240 e. The van der Waals surface area contributed by atoms with Crippen LogP contribution in [-0.2, 0) is 14.8 Å². The molecule has 2 aliphatic carbocycles. The first-order chi connectivity index (χ1) is 9.99. The molecule has 2 bridgehead atoms. The van der Waals surface area contributed by atoms with Gasteiger partial charge in [-0.1, -0.05) is 12.2 Å². The molecule has 0 aliphatic heterocycles. The first-order valence-corrected chi connectivity index (χ1v) is 8.51. The summed E-state index contributed by atoms with van der Waals surface area (Å²) in [6.45, 7) is 0. The number of carbonyl (C=O) groups is 1. The lowest BCUT2D eigenvalue weighted by Crippen LogP contribution is -2.26. The summed E-state index contributed by atoms with van der Waals surface area (Å²) in [4.78, 5) is 12.5. The quantitative estimate of drug-likeness (QED) is 0.832. The summed E-state index contributed by atoms with van der Waals surface area (Å²) in [7, 11) is -2.07. The lowest BCUT2D eigenvalue weighted by molar-refractivity contribution is -0.120. The van der Waals surface area contributed by atoms with Crippen LogP contribution < -0.4 is 10.0 Å². The second-order valence-corrected chi connectivity index (χ2v) is 7.49. The van der Waals surface area contributed by atoms with Crippen molar-refractivity contribution in [1.29, 1.82) is 0 Å². The Morgan fingerprint density at radius 2 is 1.86 bits per heavy atom. The Labute approximate surface area is 124 Å². The first-order valence-electron chi connectivity index (χ1n) is 7.02. The minimum Gasteiger partial charge on any atom is -0.326 e. The molecule has 0 aromatic heterocycles. The summed E-state index contributed by atoms with van der Waals surface area (Å²) in [5.74, 6) is 0.977. The van der Waals surface area contributed by atoms with Gasteiger partial charge in [-0.25, -0.2) is 13.1 Å². The lowest BCUT2D eigenvalue weighted by atomic mass is 9.93. The summed E-state index contributed by atoms with van der Waals surface area (Å²) in [6, 6.07) is 6.21. The molecule has 1 amide bonds. The van der Waals surface area contributed by atoms with Crippen molar-refractivity contribution >= 4 is 21.6 Å². The largest absolute Gasteiger partial charge is 0.326 e. The second kappa shape index (κ2) is 5.27. The Kier molecular flexibility index (Phi) is 3.59. The van der Waals surface area contributed by atoms with E-state index in [0.29, 0.717) is 17.5 Å². The molecule has 0 saturated heterocycles. The van der Waals surface area contributed by atoms with Crippen molar-refractivity contribution in [2.24, 2.45) is 17.8 Å². The van der Waals surface area contributed by atoms with Gasteiger partial charge in [0.2, 0.25) is 15.9 Å². The van der Waals surface area contributed by atoms with Crippen LogP contribution >= 0.6 is 0 Å². The highest BCUT2D eigenvalue weighted by atomic mass is 32.2. The summed E-state index contributed by atoms with van der Waals surface area (Å²) >= 11 is 0. The molecule has 6 heteroatoms. The van der Waals surface area contributed by atoms with E-state index in [4.69, 9.17) is 0 Å². The first kappa shape index (κ1) is 14.3. The third-order valence-electron chi connectivity index (χ3n) is 4.32. The van der Waals surface area contributed by atoms with E-state index in [1.165, 1.54) is 19.2 Å². The smallest absolute Gasteiger partial charge is 0.240 e. The van der Waals surface area contributed by atoms with Crippen LogP contribution in [0.4, 0.5) is 5.69 Å². The summed E-state index contributed by atoms with van der Waals surface area (Å²) in [5, 5.41) is 2.88. The Morgan fingerprint density at radius 1 is 1.14 bits per heavy atom. The highest BCUT2D eigenvalue weighted by Gasteiger charge is 2.39. The number of anilines is 1. The van der Waals surface area contributed by atoms with E-state index >= 15 is 0 Å². The Balaban J connectivity index is 1.68. The van der Waals surface area contributed by atoms with E-state index in [0.717, 1.165) is 12.8 Å². The third-order valence-corrected chi connectivity index (χ3v) is 5.75. The molecule has 0 radical (unpaired) electrons. The second-order valence-electron chi connectivity index (χ2n) is 5.61. The van der Waals surface area contributed by atoms with E-state index in [9.17, 15) is 13.2 Å². The average Bonchev–Trinajstić information content (AvgIpc) is 3.10. The molecule has 1 saturated carbocycles. The maximum atomic E-state index is 12.3. The summed E-state index contributed by atoms with van der Waals surface area (Å²) in [5.41, 5.74) is 0.627. The van der Waals surface area contributed by atoms with Crippen molar-refractivity contribution in [2.75, 3.05) is 12.4 Å². The number of allylic oxidation sites excluding steroid dienone is 2. The van der Waals surface area contributed by atoms with Crippen LogP contribution in [0.3, 0.4) is 0 Å². The van der Waals surface area contributed by atoms with Crippen LogP contribution in [0, 0.1) is 17.8 Å². The fourth-order valence-electron chi connectivity index (χ4n) is 3.15. The van der Waals surface area contributed by atoms with Gasteiger partial charge in [0.05, 0.1) is 4.90 Å². The van der Waals surface area contributed by atoms with E-state index in [1.807, 2.05) is 0 Å². The monoisotopic (exact) mass is 306 g/mol. The fraction of sp³-hybridized carbons (Fsp3) is 0.400. The zero-order chi connectivity index (χ0) is 15.0. The van der Waals surface area contributed by atoms with Crippen LogP contribution in [0.1, 0.15) is 12.8 Å². The number of benzene rings is 1. The van der Waals surface area contributed by atoms with Gasteiger partial charge in [-0.2, -0.15) is 0 Å². The number of hydrogen-bond acceptors (Lipinski definition) is 3. The molecule has 5 nitrogen and oxygen atoms in total. The minimum absolute atomic E-state index is 0.0241.